The number of unbranched alkanes of at least 4 members (excludes halogenated alkanes) is 51. The van der Waals surface area contributed by atoms with Crippen LogP contribution in [0.25, 0.3) is 0 Å². The van der Waals surface area contributed by atoms with Crippen molar-refractivity contribution >= 4 is 5.91 Å². The molecule has 14 nitrogen and oxygen atoms in total. The summed E-state index contributed by atoms with van der Waals surface area (Å²) < 4.78 is 22.9. The van der Waals surface area contributed by atoms with E-state index in [1.54, 1.807) is 0 Å². The van der Waals surface area contributed by atoms with Gasteiger partial charge < -0.3 is 65.1 Å². The van der Waals surface area contributed by atoms with Gasteiger partial charge in [-0.05, 0) is 12.8 Å². The smallest absolute Gasteiger partial charge is 0.220 e. The van der Waals surface area contributed by atoms with Gasteiger partial charge in [0, 0.05) is 6.42 Å². The minimum Gasteiger partial charge on any atom is -0.394 e. The molecule has 2 fully saturated rings. The van der Waals surface area contributed by atoms with Gasteiger partial charge >= 0.3 is 0 Å². The summed E-state index contributed by atoms with van der Waals surface area (Å²) in [6, 6.07) is -0.824. The minimum atomic E-state index is -1.78. The number of aliphatic hydroxyl groups excluding tert-OH is 8. The maximum Gasteiger partial charge on any atom is 0.220 e. The van der Waals surface area contributed by atoms with Crippen LogP contribution in [0, 0.1) is 0 Å². The van der Waals surface area contributed by atoms with Crippen molar-refractivity contribution in [3.8, 4) is 0 Å². The Labute approximate surface area is 534 Å². The molecule has 0 aliphatic carbocycles. The van der Waals surface area contributed by atoms with Gasteiger partial charge in [-0.15, -0.1) is 0 Å². The molecule has 2 saturated heterocycles. The highest BCUT2D eigenvalue weighted by Gasteiger charge is 2.51. The molecule has 2 aliphatic rings. The molecule has 1 amide bonds. The van der Waals surface area contributed by atoms with Gasteiger partial charge in [0.05, 0.1) is 32.0 Å². The maximum absolute atomic E-state index is 13.4. The Hall–Kier alpha value is -1.01. The standard InChI is InChI=1S/C73H143NO13/c1-3-5-7-9-11-13-15-17-19-21-23-24-25-26-27-28-29-30-31-32-33-34-35-36-37-38-39-41-43-45-47-49-51-53-55-57-65(78)74-61(62(77)56-54-52-50-48-46-44-42-40-22-20-18-16-14-12-10-8-6-4-2)60-84-72-70(83)68(81)71(64(59-76)86-72)87-73-69(82)67(80)66(79)63(58-75)85-73/h61-64,66-73,75-77,79-83H,3-60H2,1-2H3,(H,74,78). The van der Waals surface area contributed by atoms with E-state index in [1.807, 2.05) is 0 Å². The van der Waals surface area contributed by atoms with Crippen LogP contribution in [0.3, 0.4) is 0 Å². The Morgan fingerprint density at radius 3 is 0.977 bits per heavy atom. The minimum absolute atomic E-state index is 0.196. The van der Waals surface area contributed by atoms with E-state index >= 15 is 0 Å². The lowest BCUT2D eigenvalue weighted by Crippen LogP contribution is -2.65. The summed E-state index contributed by atoms with van der Waals surface area (Å²) in [7, 11) is 0. The molecule has 0 bridgehead atoms. The van der Waals surface area contributed by atoms with Crippen LogP contribution in [0.15, 0.2) is 0 Å². The van der Waals surface area contributed by atoms with E-state index in [1.165, 1.54) is 289 Å². The Balaban J connectivity index is 1.58. The summed E-state index contributed by atoms with van der Waals surface area (Å²) >= 11 is 0. The molecule has 2 aliphatic heterocycles. The Bertz CT molecular complexity index is 1460. The number of hydrogen-bond acceptors (Lipinski definition) is 13. The van der Waals surface area contributed by atoms with Crippen molar-refractivity contribution in [1.82, 2.24) is 5.32 Å². The van der Waals surface area contributed by atoms with Crippen molar-refractivity contribution in [2.45, 2.75) is 441 Å². The highest BCUT2D eigenvalue weighted by atomic mass is 16.7. The van der Waals surface area contributed by atoms with Crippen molar-refractivity contribution in [1.29, 1.82) is 0 Å². The summed E-state index contributed by atoms with van der Waals surface area (Å²) in [4.78, 5) is 13.4. The lowest BCUT2D eigenvalue weighted by atomic mass is 9.97. The molecular weight excluding hydrogens is 1100 g/mol. The Morgan fingerprint density at radius 2 is 0.655 bits per heavy atom. The highest BCUT2D eigenvalue weighted by Crippen LogP contribution is 2.30. The van der Waals surface area contributed by atoms with Gasteiger partial charge in [0.2, 0.25) is 5.91 Å². The first kappa shape index (κ1) is 82.1. The third kappa shape index (κ3) is 42.8. The molecule has 0 aromatic rings. The molecule has 14 heteroatoms. The van der Waals surface area contributed by atoms with Crippen molar-refractivity contribution in [2.75, 3.05) is 19.8 Å². The van der Waals surface area contributed by atoms with Crippen LogP contribution < -0.4 is 5.32 Å². The molecule has 0 radical (unpaired) electrons. The molecule has 0 aromatic carbocycles. The average molecular weight is 1240 g/mol. The molecule has 0 spiro atoms. The third-order valence-electron chi connectivity index (χ3n) is 19.1. The zero-order valence-corrected chi connectivity index (χ0v) is 56.6. The Morgan fingerprint density at radius 1 is 0.368 bits per heavy atom. The topological polar surface area (TPSA) is 228 Å². The molecule has 12 unspecified atom stereocenters. The molecular formula is C73H143NO13. The fourth-order valence-electron chi connectivity index (χ4n) is 13.1. The normalized spacial score (nSPS) is 23.1. The van der Waals surface area contributed by atoms with Crippen LogP contribution in [0.2, 0.25) is 0 Å². The van der Waals surface area contributed by atoms with Crippen LogP contribution in [-0.2, 0) is 23.7 Å². The van der Waals surface area contributed by atoms with Gasteiger partial charge in [-0.3, -0.25) is 4.79 Å². The summed E-state index contributed by atoms with van der Waals surface area (Å²) in [5.41, 5.74) is 0. The van der Waals surface area contributed by atoms with Gasteiger partial charge in [-0.1, -0.05) is 348 Å². The van der Waals surface area contributed by atoms with Crippen LogP contribution in [0.5, 0.6) is 0 Å². The number of carbonyl (C=O) groups is 1. The Kier molecular flexibility index (Phi) is 55.5. The van der Waals surface area contributed by atoms with Crippen LogP contribution >= 0.6 is 0 Å². The van der Waals surface area contributed by atoms with Gasteiger partial charge in [-0.25, -0.2) is 0 Å². The van der Waals surface area contributed by atoms with Crippen molar-refractivity contribution in [2.24, 2.45) is 0 Å². The monoisotopic (exact) mass is 1240 g/mol. The van der Waals surface area contributed by atoms with Crippen molar-refractivity contribution in [3.63, 3.8) is 0 Å². The lowest BCUT2D eigenvalue weighted by molar-refractivity contribution is -0.359. The lowest BCUT2D eigenvalue weighted by Gasteiger charge is -2.46. The van der Waals surface area contributed by atoms with Gasteiger partial charge in [-0.2, -0.15) is 0 Å². The van der Waals surface area contributed by atoms with Crippen LogP contribution in [0.4, 0.5) is 0 Å². The molecule has 87 heavy (non-hydrogen) atoms. The van der Waals surface area contributed by atoms with E-state index in [4.69, 9.17) is 18.9 Å². The number of ether oxygens (including phenoxy) is 4. The number of aliphatic hydroxyl groups is 8. The second kappa shape index (κ2) is 58.8. The first-order valence-corrected chi connectivity index (χ1v) is 37.8. The zero-order valence-electron chi connectivity index (χ0n) is 56.6. The van der Waals surface area contributed by atoms with E-state index < -0.39 is 86.8 Å². The molecule has 2 rings (SSSR count). The molecule has 12 atom stereocenters. The molecule has 2 heterocycles. The number of amides is 1. The fraction of sp³-hybridized carbons (Fsp3) is 0.986. The number of nitrogens with one attached hydrogen (secondary N) is 1. The third-order valence-corrected chi connectivity index (χ3v) is 19.1. The molecule has 518 valence electrons. The number of carbonyl (C=O) groups excluding carboxylic acids is 1. The fourth-order valence-corrected chi connectivity index (χ4v) is 13.1. The highest BCUT2D eigenvalue weighted by molar-refractivity contribution is 5.76. The quantitative estimate of drug-likeness (QED) is 0.0259. The summed E-state index contributed by atoms with van der Waals surface area (Å²) in [6.07, 6.45) is 54.3. The van der Waals surface area contributed by atoms with Crippen molar-refractivity contribution < 1.29 is 64.6 Å². The summed E-state index contributed by atoms with van der Waals surface area (Å²) in [5.74, 6) is -0.196. The summed E-state index contributed by atoms with van der Waals surface area (Å²) in [6.45, 7) is 2.93. The first-order chi connectivity index (χ1) is 42.6. The number of rotatable bonds is 64. The predicted molar refractivity (Wildman–Crippen MR) is 356 cm³/mol. The maximum atomic E-state index is 13.4. The zero-order chi connectivity index (χ0) is 63.1. The van der Waals surface area contributed by atoms with E-state index in [9.17, 15) is 45.6 Å². The average Bonchev–Trinajstić information content (AvgIpc) is 3.71. The predicted octanol–water partition coefficient (Wildman–Crippen LogP) is 16.0. The van der Waals surface area contributed by atoms with E-state index in [0.29, 0.717) is 12.8 Å². The van der Waals surface area contributed by atoms with Gasteiger partial charge in [0.25, 0.3) is 0 Å². The SMILES string of the molecule is CCCCCCCCCCCCCCCCCCCCCCCCCCCCCCCCCCCCCC(=O)NC(COC1OC(CO)C(OC2OC(CO)C(O)C(O)C2O)C(O)C1O)C(O)CCCCCCCCCCCCCCCCCCCC. The molecule has 0 saturated carbocycles. The van der Waals surface area contributed by atoms with E-state index in [-0.39, 0.29) is 12.5 Å². The van der Waals surface area contributed by atoms with E-state index in [2.05, 4.69) is 19.2 Å². The van der Waals surface area contributed by atoms with E-state index in [0.717, 1.165) is 51.4 Å². The van der Waals surface area contributed by atoms with Gasteiger partial charge in [0.15, 0.2) is 12.6 Å². The van der Waals surface area contributed by atoms with Crippen molar-refractivity contribution in [3.05, 3.63) is 0 Å². The molecule has 9 N–H and O–H groups in total. The second-order valence-electron chi connectivity index (χ2n) is 27.1. The summed E-state index contributed by atoms with van der Waals surface area (Å²) in [5, 5.41) is 87.6. The van der Waals surface area contributed by atoms with Crippen LogP contribution in [-0.4, -0.2) is 140 Å². The largest absolute Gasteiger partial charge is 0.394 e. The van der Waals surface area contributed by atoms with Crippen LogP contribution in [0.1, 0.15) is 367 Å². The molecule has 0 aromatic heterocycles. The second-order valence-corrected chi connectivity index (χ2v) is 27.1. The first-order valence-electron chi connectivity index (χ1n) is 37.8. The number of hydrogen-bond donors (Lipinski definition) is 9. The van der Waals surface area contributed by atoms with Gasteiger partial charge in [0.1, 0.15) is 48.8 Å².